The third-order valence-electron chi connectivity index (χ3n) is 9.86. The summed E-state index contributed by atoms with van der Waals surface area (Å²) in [4.78, 5) is 5.28. The Morgan fingerprint density at radius 3 is 2.02 bits per heavy atom. The van der Waals surface area contributed by atoms with Gasteiger partial charge in [-0.25, -0.2) is 0 Å². The summed E-state index contributed by atoms with van der Waals surface area (Å²) in [7, 11) is 1.99. The van der Waals surface area contributed by atoms with Crippen molar-refractivity contribution in [3.8, 4) is 22.3 Å². The molecule has 8 rings (SSSR count). The van der Waals surface area contributed by atoms with Crippen LogP contribution in [0.15, 0.2) is 163 Å². The maximum Gasteiger partial charge on any atom is 0.161 e. The first kappa shape index (κ1) is 29.8. The van der Waals surface area contributed by atoms with E-state index in [9.17, 15) is 0 Å². The third-order valence-corrected chi connectivity index (χ3v) is 9.86. The monoisotopic (exact) mass is 618 g/mol. The molecule has 2 heteroatoms. The average Bonchev–Trinajstić information content (AvgIpc) is 3.17. The molecule has 1 aliphatic rings. The Balaban J connectivity index is 1.10. The molecule has 0 spiro atoms. The van der Waals surface area contributed by atoms with Gasteiger partial charge in [-0.15, -0.1) is 0 Å². The minimum Gasteiger partial charge on any atom is -0.289 e. The van der Waals surface area contributed by atoms with Crippen molar-refractivity contribution in [3.05, 3.63) is 186 Å². The van der Waals surface area contributed by atoms with Gasteiger partial charge < -0.3 is 0 Å². The van der Waals surface area contributed by atoms with Crippen LogP contribution in [0.3, 0.4) is 0 Å². The highest BCUT2D eigenvalue weighted by molar-refractivity contribution is 6.14. The molecule has 7 aromatic carbocycles. The van der Waals surface area contributed by atoms with Gasteiger partial charge in [-0.05, 0) is 104 Å². The van der Waals surface area contributed by atoms with E-state index in [-0.39, 0.29) is 0 Å². The van der Waals surface area contributed by atoms with Crippen LogP contribution in [0.2, 0.25) is 0 Å². The van der Waals surface area contributed by atoms with Crippen molar-refractivity contribution in [1.82, 2.24) is 5.32 Å². The number of aliphatic imine (C=N–C) groups is 1. The molecule has 0 bridgehead atoms. The standard InChI is InChI=1S/C46H38N2/c1-47-46(38-16-6-3-7-17-38,39-18-12-15-36(31-39)34-13-4-2-5-14-34)48-30-29-33-23-25-35(26-24-33)37-27-28-44-42-21-9-8-19-40(42)41-20-10-11-22-43(41)45(44)32-37/h2-7,9-18,20-28,30-32,47H,8,19,29H2,1H3. The summed E-state index contributed by atoms with van der Waals surface area (Å²) in [5.74, 6) is 0. The van der Waals surface area contributed by atoms with Crippen molar-refractivity contribution in [2.45, 2.75) is 24.9 Å². The molecule has 2 nitrogen and oxygen atoms in total. The summed E-state index contributed by atoms with van der Waals surface area (Å²) in [6.07, 6.45) is 9.65. The summed E-state index contributed by atoms with van der Waals surface area (Å²) < 4.78 is 0. The lowest BCUT2D eigenvalue weighted by Crippen LogP contribution is -2.39. The first-order chi connectivity index (χ1) is 23.7. The first-order valence-electron chi connectivity index (χ1n) is 16.9. The molecule has 0 amide bonds. The van der Waals surface area contributed by atoms with Crippen LogP contribution in [0.25, 0.3) is 49.9 Å². The Labute approximate surface area is 283 Å². The molecule has 232 valence electrons. The minimum atomic E-state index is -0.714. The van der Waals surface area contributed by atoms with Gasteiger partial charge in [0, 0.05) is 12.6 Å². The molecule has 1 atom stereocenters. The molecular weight excluding hydrogens is 581 g/mol. The van der Waals surface area contributed by atoms with Crippen LogP contribution >= 0.6 is 0 Å². The highest BCUT2D eigenvalue weighted by atomic mass is 15.1. The average molecular weight is 619 g/mol. The van der Waals surface area contributed by atoms with Crippen LogP contribution in [0.5, 0.6) is 0 Å². The number of hydrogen-bond acceptors (Lipinski definition) is 2. The van der Waals surface area contributed by atoms with E-state index in [1.165, 1.54) is 60.5 Å². The SMILES string of the molecule is CNC(N=CCc1ccc(-c2ccc3c4c(c5ccccc5c3c2)CCC=C4)cc1)(c1ccccc1)c1cccc(-c2ccccc2)c1. The van der Waals surface area contributed by atoms with E-state index in [1.54, 1.807) is 0 Å². The molecule has 1 N–H and O–H groups in total. The van der Waals surface area contributed by atoms with Crippen molar-refractivity contribution in [1.29, 1.82) is 0 Å². The Morgan fingerprint density at radius 1 is 0.583 bits per heavy atom. The van der Waals surface area contributed by atoms with Gasteiger partial charge in [-0.2, -0.15) is 0 Å². The lowest BCUT2D eigenvalue weighted by molar-refractivity contribution is 0.462. The molecule has 48 heavy (non-hydrogen) atoms. The minimum absolute atomic E-state index is 0.714. The predicted molar refractivity (Wildman–Crippen MR) is 205 cm³/mol. The molecule has 0 saturated carbocycles. The number of nitrogens with one attached hydrogen (secondary N) is 1. The fraction of sp³-hybridized carbons (Fsp3) is 0.109. The quantitative estimate of drug-likeness (QED) is 0.133. The second-order valence-electron chi connectivity index (χ2n) is 12.6. The van der Waals surface area contributed by atoms with Crippen molar-refractivity contribution in [3.63, 3.8) is 0 Å². The van der Waals surface area contributed by atoms with Gasteiger partial charge in [-0.3, -0.25) is 10.3 Å². The summed E-state index contributed by atoms with van der Waals surface area (Å²) in [5.41, 5.74) is 10.4. The zero-order valence-electron chi connectivity index (χ0n) is 27.2. The van der Waals surface area contributed by atoms with E-state index in [4.69, 9.17) is 4.99 Å². The number of allylic oxidation sites excluding steroid dienone is 1. The Bertz CT molecular complexity index is 2280. The van der Waals surface area contributed by atoms with Crippen LogP contribution in [0.1, 0.15) is 34.2 Å². The molecular formula is C46H38N2. The van der Waals surface area contributed by atoms with E-state index < -0.39 is 5.66 Å². The van der Waals surface area contributed by atoms with E-state index in [1.807, 2.05) is 7.05 Å². The van der Waals surface area contributed by atoms with E-state index in [0.717, 1.165) is 30.4 Å². The molecule has 1 unspecified atom stereocenters. The van der Waals surface area contributed by atoms with Gasteiger partial charge in [0.15, 0.2) is 5.66 Å². The molecule has 0 aromatic heterocycles. The van der Waals surface area contributed by atoms with Gasteiger partial charge in [0.05, 0.1) is 0 Å². The van der Waals surface area contributed by atoms with Crippen LogP contribution in [0.4, 0.5) is 0 Å². The molecule has 0 saturated heterocycles. The van der Waals surface area contributed by atoms with Crippen molar-refractivity contribution in [2.75, 3.05) is 7.05 Å². The van der Waals surface area contributed by atoms with E-state index >= 15 is 0 Å². The molecule has 0 heterocycles. The Hall–Kier alpha value is -5.57. The lowest BCUT2D eigenvalue weighted by atomic mass is 9.86. The topological polar surface area (TPSA) is 24.4 Å². The number of aryl methyl sites for hydroxylation is 1. The number of fused-ring (bicyclic) bond motifs is 6. The van der Waals surface area contributed by atoms with Gasteiger partial charge in [0.1, 0.15) is 0 Å². The van der Waals surface area contributed by atoms with Crippen molar-refractivity contribution >= 4 is 33.8 Å². The van der Waals surface area contributed by atoms with Gasteiger partial charge in [0.25, 0.3) is 0 Å². The normalized spacial score (nSPS) is 13.9. The summed E-state index contributed by atoms with van der Waals surface area (Å²) in [6, 6.07) is 54.6. The van der Waals surface area contributed by atoms with Crippen molar-refractivity contribution in [2.24, 2.45) is 4.99 Å². The predicted octanol–water partition coefficient (Wildman–Crippen LogP) is 11.0. The zero-order chi connectivity index (χ0) is 32.3. The van der Waals surface area contributed by atoms with Crippen LogP contribution in [0, 0.1) is 0 Å². The third kappa shape index (κ3) is 5.45. The second-order valence-corrected chi connectivity index (χ2v) is 12.6. The first-order valence-corrected chi connectivity index (χ1v) is 16.9. The molecule has 0 radical (unpaired) electrons. The van der Waals surface area contributed by atoms with Crippen molar-refractivity contribution < 1.29 is 0 Å². The number of nitrogens with zero attached hydrogens (tertiary/aromatic N) is 1. The number of rotatable bonds is 8. The van der Waals surface area contributed by atoms with Gasteiger partial charge in [0.2, 0.25) is 0 Å². The molecule has 0 aliphatic heterocycles. The highest BCUT2D eigenvalue weighted by Gasteiger charge is 2.31. The summed E-state index contributed by atoms with van der Waals surface area (Å²) in [5, 5.41) is 8.99. The molecule has 0 fully saturated rings. The summed E-state index contributed by atoms with van der Waals surface area (Å²) in [6.45, 7) is 0. The number of benzene rings is 7. The smallest absolute Gasteiger partial charge is 0.161 e. The Kier molecular flexibility index (Phi) is 8.02. The highest BCUT2D eigenvalue weighted by Crippen LogP contribution is 2.38. The second kappa shape index (κ2) is 12.9. The van der Waals surface area contributed by atoms with E-state index in [2.05, 4.69) is 175 Å². The maximum absolute atomic E-state index is 5.28. The zero-order valence-corrected chi connectivity index (χ0v) is 27.2. The van der Waals surface area contributed by atoms with E-state index in [0.29, 0.717) is 0 Å². The number of hydrogen-bond donors (Lipinski definition) is 1. The van der Waals surface area contributed by atoms with Crippen LogP contribution in [-0.4, -0.2) is 13.3 Å². The van der Waals surface area contributed by atoms with Gasteiger partial charge in [-0.1, -0.05) is 152 Å². The fourth-order valence-electron chi connectivity index (χ4n) is 7.38. The lowest BCUT2D eigenvalue weighted by Gasteiger charge is -2.31. The van der Waals surface area contributed by atoms with Gasteiger partial charge >= 0.3 is 0 Å². The molecule has 1 aliphatic carbocycles. The summed E-state index contributed by atoms with van der Waals surface area (Å²) >= 11 is 0. The fourth-order valence-corrected chi connectivity index (χ4v) is 7.38. The maximum atomic E-state index is 5.28. The molecule has 7 aromatic rings. The van der Waals surface area contributed by atoms with Crippen LogP contribution in [-0.2, 0) is 18.5 Å². The van der Waals surface area contributed by atoms with Crippen LogP contribution < -0.4 is 5.32 Å². The Morgan fingerprint density at radius 2 is 1.23 bits per heavy atom. The largest absolute Gasteiger partial charge is 0.289 e.